The van der Waals surface area contributed by atoms with Gasteiger partial charge in [0.15, 0.2) is 0 Å². The van der Waals surface area contributed by atoms with Gasteiger partial charge in [0.05, 0.1) is 27.2 Å². The molecule has 1 aromatic heterocycles. The monoisotopic (exact) mass is 501 g/mol. The fourth-order valence-corrected chi connectivity index (χ4v) is 5.99. The highest BCUT2D eigenvalue weighted by atomic mass is 35.5. The summed E-state index contributed by atoms with van der Waals surface area (Å²) < 4.78 is 28.6. The number of nitrogens with one attached hydrogen (secondary N) is 1. The maximum atomic E-state index is 13.1. The lowest BCUT2D eigenvalue weighted by atomic mass is 10.1. The lowest BCUT2D eigenvalue weighted by Crippen LogP contribution is -2.47. The van der Waals surface area contributed by atoms with Gasteiger partial charge >= 0.3 is 4.87 Å². The molecule has 0 bridgehead atoms. The standard InChI is InChI=1S/C20H21Cl2N3O4S2/c1-4-15(25(31(3,28)29)17-10-12(21)6-8-14(17)22)19(26)23-13-7-9-16-18(11-13)30-20(27)24(16)5-2/h6-11,15H,4-5H2,1-3H3,(H,23,26). The number of halogens is 2. The zero-order valence-electron chi connectivity index (χ0n) is 17.1. The fourth-order valence-electron chi connectivity index (χ4n) is 3.36. The molecule has 0 fully saturated rings. The van der Waals surface area contributed by atoms with E-state index in [0.717, 1.165) is 32.1 Å². The van der Waals surface area contributed by atoms with Gasteiger partial charge in [0.25, 0.3) is 0 Å². The van der Waals surface area contributed by atoms with Gasteiger partial charge in [0.1, 0.15) is 6.04 Å². The summed E-state index contributed by atoms with van der Waals surface area (Å²) in [6.07, 6.45) is 1.21. The van der Waals surface area contributed by atoms with Crippen molar-refractivity contribution in [2.24, 2.45) is 0 Å². The number of amides is 1. The van der Waals surface area contributed by atoms with E-state index < -0.39 is 22.0 Å². The summed E-state index contributed by atoms with van der Waals surface area (Å²) in [5.41, 5.74) is 1.38. The number of fused-ring (bicyclic) bond motifs is 1. The number of aromatic nitrogens is 1. The van der Waals surface area contributed by atoms with E-state index in [2.05, 4.69) is 5.32 Å². The molecule has 3 aromatic rings. The molecule has 0 aliphatic heterocycles. The first-order valence-corrected chi connectivity index (χ1v) is 12.9. The third kappa shape index (κ3) is 4.90. The van der Waals surface area contributed by atoms with Crippen molar-refractivity contribution >= 4 is 72.1 Å². The van der Waals surface area contributed by atoms with Crippen molar-refractivity contribution in [2.75, 3.05) is 15.9 Å². The molecule has 31 heavy (non-hydrogen) atoms. The van der Waals surface area contributed by atoms with Gasteiger partial charge in [-0.3, -0.25) is 18.5 Å². The lowest BCUT2D eigenvalue weighted by Gasteiger charge is -2.30. The predicted molar refractivity (Wildman–Crippen MR) is 128 cm³/mol. The molecule has 7 nitrogen and oxygen atoms in total. The van der Waals surface area contributed by atoms with Gasteiger partial charge < -0.3 is 5.32 Å². The highest BCUT2D eigenvalue weighted by Crippen LogP contribution is 2.33. The zero-order chi connectivity index (χ0) is 22.9. The van der Waals surface area contributed by atoms with Crippen LogP contribution < -0.4 is 14.5 Å². The normalized spacial score (nSPS) is 12.7. The number of hydrogen-bond donors (Lipinski definition) is 1. The minimum absolute atomic E-state index is 0.0775. The Kier molecular flexibility index (Phi) is 7.00. The van der Waals surface area contributed by atoms with Gasteiger partial charge in [-0.1, -0.05) is 41.5 Å². The average Bonchev–Trinajstić information content (AvgIpc) is 3.01. The Bertz CT molecular complexity index is 1300. The Morgan fingerprint density at radius 3 is 2.52 bits per heavy atom. The molecule has 0 saturated carbocycles. The Hall–Kier alpha value is -2.07. The molecule has 1 atom stereocenters. The van der Waals surface area contributed by atoms with E-state index in [-0.39, 0.29) is 22.0 Å². The largest absolute Gasteiger partial charge is 0.324 e. The van der Waals surface area contributed by atoms with Crippen LogP contribution in [-0.2, 0) is 21.4 Å². The number of sulfonamides is 1. The first kappa shape index (κ1) is 23.6. The molecular formula is C20H21Cl2N3O4S2. The van der Waals surface area contributed by atoms with Crippen molar-refractivity contribution in [2.45, 2.75) is 32.9 Å². The molecule has 3 rings (SSSR count). The quantitative estimate of drug-likeness (QED) is 0.513. The smallest absolute Gasteiger partial charge is 0.308 e. The van der Waals surface area contributed by atoms with Crippen LogP contribution in [0.4, 0.5) is 11.4 Å². The van der Waals surface area contributed by atoms with Crippen LogP contribution in [0.5, 0.6) is 0 Å². The fraction of sp³-hybridized carbons (Fsp3) is 0.300. The van der Waals surface area contributed by atoms with Crippen molar-refractivity contribution in [3.05, 3.63) is 56.1 Å². The average molecular weight is 502 g/mol. The van der Waals surface area contributed by atoms with Crippen LogP contribution in [0, 0.1) is 0 Å². The van der Waals surface area contributed by atoms with Crippen molar-refractivity contribution < 1.29 is 13.2 Å². The number of carbonyl (C=O) groups is 1. The SMILES string of the molecule is CCC(C(=O)Nc1ccc2c(c1)sc(=O)n2CC)N(c1cc(Cl)ccc1Cl)S(C)(=O)=O. The van der Waals surface area contributed by atoms with Crippen LogP contribution in [0.15, 0.2) is 41.2 Å². The minimum atomic E-state index is -3.86. The molecular weight excluding hydrogens is 481 g/mol. The van der Waals surface area contributed by atoms with E-state index >= 15 is 0 Å². The maximum absolute atomic E-state index is 13.1. The Morgan fingerprint density at radius 1 is 1.19 bits per heavy atom. The number of thiazole rings is 1. The molecule has 0 radical (unpaired) electrons. The summed E-state index contributed by atoms with van der Waals surface area (Å²) >= 11 is 13.4. The second kappa shape index (κ2) is 9.20. The topological polar surface area (TPSA) is 88.5 Å². The zero-order valence-corrected chi connectivity index (χ0v) is 20.2. The molecule has 11 heteroatoms. The van der Waals surface area contributed by atoms with Gasteiger partial charge in [0, 0.05) is 17.3 Å². The number of anilines is 2. The Balaban J connectivity index is 1.98. The third-order valence-electron chi connectivity index (χ3n) is 4.73. The molecule has 0 spiro atoms. The molecule has 2 aromatic carbocycles. The molecule has 1 unspecified atom stereocenters. The summed E-state index contributed by atoms with van der Waals surface area (Å²) in [6, 6.07) is 8.53. The first-order chi connectivity index (χ1) is 14.6. The highest BCUT2D eigenvalue weighted by molar-refractivity contribution is 7.92. The Morgan fingerprint density at radius 2 is 1.90 bits per heavy atom. The number of nitrogens with zero attached hydrogens (tertiary/aromatic N) is 2. The van der Waals surface area contributed by atoms with Crippen LogP contribution in [0.25, 0.3) is 10.2 Å². The summed E-state index contributed by atoms with van der Waals surface area (Å²) in [4.78, 5) is 25.1. The number of hydrogen-bond acceptors (Lipinski definition) is 5. The van der Waals surface area contributed by atoms with Crippen LogP contribution in [0.3, 0.4) is 0 Å². The second-order valence-corrected chi connectivity index (χ2v) is 10.6. The molecule has 0 aliphatic carbocycles. The van der Waals surface area contributed by atoms with Gasteiger partial charge in [-0.05, 0) is 49.7 Å². The summed E-state index contributed by atoms with van der Waals surface area (Å²) in [5, 5.41) is 3.22. The van der Waals surface area contributed by atoms with Crippen LogP contribution in [-0.4, -0.2) is 31.2 Å². The molecule has 1 heterocycles. The van der Waals surface area contributed by atoms with E-state index in [4.69, 9.17) is 23.2 Å². The molecule has 0 aliphatic rings. The second-order valence-electron chi connectivity index (χ2n) is 6.86. The number of rotatable bonds is 7. The Labute approximate surface area is 194 Å². The van der Waals surface area contributed by atoms with Crippen molar-refractivity contribution in [3.8, 4) is 0 Å². The lowest BCUT2D eigenvalue weighted by molar-refractivity contribution is -0.117. The molecule has 0 saturated heterocycles. The van der Waals surface area contributed by atoms with Gasteiger partial charge in [-0.2, -0.15) is 0 Å². The van der Waals surface area contributed by atoms with Crippen LogP contribution in [0.2, 0.25) is 10.0 Å². The number of benzene rings is 2. The van der Waals surface area contributed by atoms with E-state index in [1.54, 1.807) is 29.7 Å². The van der Waals surface area contributed by atoms with Gasteiger partial charge in [-0.15, -0.1) is 0 Å². The molecule has 1 amide bonds. The highest BCUT2D eigenvalue weighted by Gasteiger charge is 2.33. The minimum Gasteiger partial charge on any atom is -0.324 e. The van der Waals surface area contributed by atoms with Crippen LogP contribution >= 0.6 is 34.5 Å². The van der Waals surface area contributed by atoms with Crippen molar-refractivity contribution in [1.82, 2.24) is 4.57 Å². The molecule has 1 N–H and O–H groups in total. The number of aryl methyl sites for hydroxylation is 1. The summed E-state index contributed by atoms with van der Waals surface area (Å²) in [6.45, 7) is 4.14. The van der Waals surface area contributed by atoms with Crippen molar-refractivity contribution in [1.29, 1.82) is 0 Å². The van der Waals surface area contributed by atoms with E-state index in [0.29, 0.717) is 17.3 Å². The van der Waals surface area contributed by atoms with Gasteiger partial charge in [0.2, 0.25) is 15.9 Å². The predicted octanol–water partition coefficient (Wildman–Crippen LogP) is 4.57. The summed E-state index contributed by atoms with van der Waals surface area (Å²) in [7, 11) is -3.86. The maximum Gasteiger partial charge on any atom is 0.308 e. The number of carbonyl (C=O) groups excluding carboxylic acids is 1. The van der Waals surface area contributed by atoms with Gasteiger partial charge in [-0.25, -0.2) is 8.42 Å². The summed E-state index contributed by atoms with van der Waals surface area (Å²) in [5.74, 6) is -0.523. The first-order valence-electron chi connectivity index (χ1n) is 9.45. The van der Waals surface area contributed by atoms with E-state index in [1.165, 1.54) is 18.2 Å². The third-order valence-corrected chi connectivity index (χ3v) is 7.39. The van der Waals surface area contributed by atoms with E-state index in [9.17, 15) is 18.0 Å². The van der Waals surface area contributed by atoms with Crippen LogP contribution in [0.1, 0.15) is 20.3 Å². The van der Waals surface area contributed by atoms with Crippen molar-refractivity contribution in [3.63, 3.8) is 0 Å². The molecule has 166 valence electrons. The van der Waals surface area contributed by atoms with E-state index in [1.807, 2.05) is 6.92 Å².